The van der Waals surface area contributed by atoms with Crippen molar-refractivity contribution in [2.75, 3.05) is 0 Å². The molecule has 1 aromatic heterocycles. The second kappa shape index (κ2) is 4.27. The van der Waals surface area contributed by atoms with Gasteiger partial charge in [0.1, 0.15) is 0 Å². The Morgan fingerprint density at radius 1 is 1.78 bits per heavy atom. The van der Waals surface area contributed by atoms with E-state index in [-0.39, 0.29) is 21.1 Å². The van der Waals surface area contributed by atoms with Crippen molar-refractivity contribution in [3.63, 3.8) is 0 Å². The van der Waals surface area contributed by atoms with Crippen LogP contribution in [0.5, 0.6) is 0 Å². The summed E-state index contributed by atoms with van der Waals surface area (Å²) in [4.78, 5) is 14.2. The van der Waals surface area contributed by atoms with Crippen molar-refractivity contribution in [1.29, 1.82) is 0 Å². The number of aldehydes is 1. The van der Waals surface area contributed by atoms with Crippen molar-refractivity contribution < 1.29 is 25.9 Å². The maximum atomic E-state index is 9.95. The van der Waals surface area contributed by atoms with Crippen LogP contribution in [0.25, 0.3) is 0 Å². The minimum Gasteiger partial charge on any atom is -0.375 e. The van der Waals surface area contributed by atoms with Crippen LogP contribution in [0.3, 0.4) is 0 Å². The minimum atomic E-state index is 0. The third kappa shape index (κ3) is 2.66. The molecule has 0 aliphatic carbocycles. The quantitative estimate of drug-likeness (QED) is 0.420. The van der Waals surface area contributed by atoms with E-state index in [9.17, 15) is 4.79 Å². The molecule has 0 amide bonds. The average Bonchev–Trinajstić information content (AvgIpc) is 2.14. The van der Waals surface area contributed by atoms with Gasteiger partial charge in [0.05, 0.1) is 6.29 Å². The van der Waals surface area contributed by atoms with Crippen LogP contribution in [0.2, 0.25) is 0 Å². The van der Waals surface area contributed by atoms with Crippen LogP contribution in [-0.2, 0) is 21.1 Å². The van der Waals surface area contributed by atoms with Crippen LogP contribution in [0.4, 0.5) is 0 Å². The van der Waals surface area contributed by atoms with Crippen molar-refractivity contribution in [2.45, 2.75) is 0 Å². The molecule has 48 valence electrons. The van der Waals surface area contributed by atoms with Gasteiger partial charge in [-0.3, -0.25) is 0 Å². The van der Waals surface area contributed by atoms with Crippen molar-refractivity contribution in [3.8, 4) is 0 Å². The summed E-state index contributed by atoms with van der Waals surface area (Å²) >= 11 is 1.32. The molecule has 0 aliphatic rings. The summed E-state index contributed by atoms with van der Waals surface area (Å²) in [7, 11) is 2.40. The number of aromatic nitrogens is 1. The van der Waals surface area contributed by atoms with E-state index in [0.717, 1.165) is 11.0 Å². The van der Waals surface area contributed by atoms with E-state index in [1.54, 1.807) is 0 Å². The summed E-state index contributed by atoms with van der Waals surface area (Å²) in [5.74, 6) is 0. The fraction of sp³-hybridized carbons (Fsp3) is 0. The molecule has 0 saturated carbocycles. The van der Waals surface area contributed by atoms with Gasteiger partial charge in [-0.05, 0) is 4.88 Å². The molecular formula is C4H3NOPSW-. The summed E-state index contributed by atoms with van der Waals surface area (Å²) in [5, 5.41) is 0. The summed E-state index contributed by atoms with van der Waals surface area (Å²) < 4.78 is 0.798. The molecule has 0 spiro atoms. The van der Waals surface area contributed by atoms with Crippen LogP contribution >= 0.6 is 20.6 Å². The van der Waals surface area contributed by atoms with Crippen molar-refractivity contribution in [2.24, 2.45) is 0 Å². The topological polar surface area (TPSA) is 30.0 Å². The van der Waals surface area contributed by atoms with Gasteiger partial charge in [0.25, 0.3) is 0 Å². The zero-order valence-corrected chi connectivity index (χ0v) is 9.23. The SMILES string of the molecule is O=Cc1[c-]nc(P)s1.[W]. The van der Waals surface area contributed by atoms with Crippen molar-refractivity contribution in [1.82, 2.24) is 4.98 Å². The van der Waals surface area contributed by atoms with E-state index in [4.69, 9.17) is 0 Å². The van der Waals surface area contributed by atoms with Gasteiger partial charge in [0.2, 0.25) is 0 Å². The van der Waals surface area contributed by atoms with Crippen LogP contribution in [0.15, 0.2) is 0 Å². The first-order valence-corrected chi connectivity index (χ1v) is 3.31. The third-order valence-electron chi connectivity index (χ3n) is 0.598. The van der Waals surface area contributed by atoms with Crippen LogP contribution in [0, 0.1) is 6.20 Å². The van der Waals surface area contributed by atoms with Gasteiger partial charge in [-0.25, -0.2) is 11.3 Å². The molecule has 1 atom stereocenters. The number of carbonyl (C=O) groups excluding carboxylic acids is 1. The van der Waals surface area contributed by atoms with Crippen LogP contribution in [-0.4, -0.2) is 11.3 Å². The Labute approximate surface area is 73.5 Å². The smallest absolute Gasteiger partial charge is 0.0586 e. The molecule has 0 radical (unpaired) electrons. The standard InChI is InChI=1S/C4H3NOPS.W/c6-2-3-1-5-4(7)8-3;/h2H,7H2;/q-1;. The third-order valence-corrected chi connectivity index (χ3v) is 1.79. The molecule has 0 aliphatic heterocycles. The summed E-state index contributed by atoms with van der Waals surface area (Å²) in [6.45, 7) is 0. The number of thiazole rings is 1. The number of carbonyl (C=O) groups is 1. The van der Waals surface area contributed by atoms with Gasteiger partial charge in [-0.2, -0.15) is 0 Å². The van der Waals surface area contributed by atoms with Gasteiger partial charge in [-0.1, -0.05) is 6.20 Å². The van der Waals surface area contributed by atoms with Crippen LogP contribution in [0.1, 0.15) is 9.67 Å². The molecule has 1 rings (SSSR count). The first-order valence-electron chi connectivity index (χ1n) is 1.92. The van der Waals surface area contributed by atoms with E-state index >= 15 is 0 Å². The molecule has 1 aromatic rings. The second-order valence-electron chi connectivity index (χ2n) is 1.15. The summed E-state index contributed by atoms with van der Waals surface area (Å²) in [5.41, 5.74) is 0. The molecule has 0 N–H and O–H groups in total. The molecule has 0 bridgehead atoms. The largest absolute Gasteiger partial charge is 0.375 e. The maximum Gasteiger partial charge on any atom is 0.0586 e. The normalized spacial score (nSPS) is 8.11. The Bertz CT molecular complexity index is 202. The first kappa shape index (κ1) is 9.42. The predicted molar refractivity (Wildman–Crippen MR) is 35.7 cm³/mol. The van der Waals surface area contributed by atoms with Gasteiger partial charge >= 0.3 is 0 Å². The molecule has 1 unspecified atom stereocenters. The molecule has 0 saturated heterocycles. The predicted octanol–water partition coefficient (Wildman–Crippen LogP) is 0.254. The number of hydrogen-bond acceptors (Lipinski definition) is 3. The monoisotopic (exact) mass is 328 g/mol. The Kier molecular flexibility index (Phi) is 4.47. The van der Waals surface area contributed by atoms with Gasteiger partial charge < -0.3 is 9.78 Å². The molecule has 9 heavy (non-hydrogen) atoms. The Morgan fingerprint density at radius 2 is 2.44 bits per heavy atom. The fourth-order valence-electron chi connectivity index (χ4n) is 0.319. The van der Waals surface area contributed by atoms with E-state index < -0.39 is 0 Å². The van der Waals surface area contributed by atoms with Crippen molar-refractivity contribution >= 4 is 31.6 Å². The zero-order valence-electron chi connectivity index (χ0n) is 4.33. The summed E-state index contributed by atoms with van der Waals surface area (Å²) in [6.07, 6.45) is 3.28. The Hall–Kier alpha value is 0.418. The maximum absolute atomic E-state index is 9.95. The number of nitrogens with zero attached hydrogens (tertiary/aromatic N) is 1. The minimum absolute atomic E-state index is 0. The van der Waals surface area contributed by atoms with Crippen LogP contribution < -0.4 is 4.75 Å². The zero-order chi connectivity index (χ0) is 5.98. The molecule has 5 heteroatoms. The van der Waals surface area contributed by atoms with E-state index in [1.807, 2.05) is 0 Å². The molecule has 2 nitrogen and oxygen atoms in total. The molecule has 0 aromatic carbocycles. The molecular weight excluding hydrogens is 325 g/mol. The van der Waals surface area contributed by atoms with Gasteiger partial charge in [0, 0.05) is 25.8 Å². The second-order valence-corrected chi connectivity index (χ2v) is 3.17. The molecule has 1 heterocycles. The van der Waals surface area contributed by atoms with Crippen molar-refractivity contribution in [3.05, 3.63) is 11.1 Å². The summed E-state index contributed by atoms with van der Waals surface area (Å²) in [6, 6.07) is 0. The first-order chi connectivity index (χ1) is 3.83. The van der Waals surface area contributed by atoms with E-state index in [0.29, 0.717) is 4.88 Å². The van der Waals surface area contributed by atoms with E-state index in [1.165, 1.54) is 11.3 Å². The van der Waals surface area contributed by atoms with Gasteiger partial charge in [-0.15, -0.1) is 9.24 Å². The fourth-order valence-corrected chi connectivity index (χ4v) is 1.22. The Morgan fingerprint density at radius 3 is 2.67 bits per heavy atom. The average molecular weight is 328 g/mol. The van der Waals surface area contributed by atoms with Gasteiger partial charge in [0.15, 0.2) is 0 Å². The Balaban J connectivity index is 0.000000640. The van der Waals surface area contributed by atoms with E-state index in [2.05, 4.69) is 20.4 Å². The number of rotatable bonds is 1. The number of hydrogen-bond donors (Lipinski definition) is 0. The molecule has 0 fully saturated rings.